The zero-order valence-electron chi connectivity index (χ0n) is 9.50. The molecule has 1 rings (SSSR count). The van der Waals surface area contributed by atoms with E-state index in [-0.39, 0.29) is 31.9 Å². The Kier molecular flexibility index (Phi) is 4.65. The fraction of sp³-hybridized carbons (Fsp3) is 0.500. The summed E-state index contributed by atoms with van der Waals surface area (Å²) in [6.45, 7) is 1.68. The molecule has 7 nitrogen and oxygen atoms in total. The minimum atomic E-state index is -0.555. The number of aryl methyl sites for hydroxylation is 1. The highest BCUT2D eigenvalue weighted by Crippen LogP contribution is 1.99. The lowest BCUT2D eigenvalue weighted by Gasteiger charge is -2.04. The van der Waals surface area contributed by atoms with E-state index in [2.05, 4.69) is 15.3 Å². The fourth-order valence-electron chi connectivity index (χ4n) is 1.45. The van der Waals surface area contributed by atoms with Crippen LogP contribution in [0.4, 0.5) is 0 Å². The van der Waals surface area contributed by atoms with E-state index in [0.717, 1.165) is 0 Å². The number of aliphatic hydroxyl groups is 1. The van der Waals surface area contributed by atoms with Gasteiger partial charge in [0, 0.05) is 24.2 Å². The van der Waals surface area contributed by atoms with Crippen LogP contribution in [0.3, 0.4) is 0 Å². The molecule has 94 valence electrons. The first-order valence-corrected chi connectivity index (χ1v) is 5.24. The van der Waals surface area contributed by atoms with Crippen molar-refractivity contribution in [2.24, 2.45) is 0 Å². The molecular weight excluding hydrogens is 226 g/mol. The predicted octanol–water partition coefficient (Wildman–Crippen LogP) is -1.59. The smallest absolute Gasteiger partial charge is 0.325 e. The van der Waals surface area contributed by atoms with Crippen LogP contribution in [0.15, 0.2) is 9.59 Å². The van der Waals surface area contributed by atoms with E-state index in [1.165, 1.54) is 0 Å². The first-order valence-electron chi connectivity index (χ1n) is 5.24. The third-order valence-electron chi connectivity index (χ3n) is 2.29. The molecule has 0 bridgehead atoms. The molecule has 7 heteroatoms. The molecule has 1 aromatic heterocycles. The van der Waals surface area contributed by atoms with Gasteiger partial charge in [0.25, 0.3) is 5.56 Å². The lowest BCUT2D eigenvalue weighted by atomic mass is 10.1. The van der Waals surface area contributed by atoms with Crippen LogP contribution in [0.1, 0.15) is 17.7 Å². The Hall–Kier alpha value is -1.89. The highest BCUT2D eigenvalue weighted by atomic mass is 16.3. The van der Waals surface area contributed by atoms with Crippen LogP contribution in [-0.2, 0) is 11.2 Å². The lowest BCUT2D eigenvalue weighted by molar-refractivity contribution is -0.121. The largest absolute Gasteiger partial charge is 0.395 e. The molecule has 4 N–H and O–H groups in total. The molecule has 0 saturated carbocycles. The molecule has 1 aromatic rings. The molecule has 1 heterocycles. The highest BCUT2D eigenvalue weighted by Gasteiger charge is 2.08. The van der Waals surface area contributed by atoms with Crippen LogP contribution >= 0.6 is 0 Å². The van der Waals surface area contributed by atoms with Crippen LogP contribution in [0.5, 0.6) is 0 Å². The van der Waals surface area contributed by atoms with E-state index in [9.17, 15) is 14.4 Å². The highest BCUT2D eigenvalue weighted by molar-refractivity contribution is 5.76. The first kappa shape index (κ1) is 13.2. The van der Waals surface area contributed by atoms with Crippen molar-refractivity contribution in [1.82, 2.24) is 15.3 Å². The Labute approximate surface area is 96.9 Å². The Morgan fingerprint density at radius 2 is 2.06 bits per heavy atom. The number of rotatable bonds is 5. The number of aromatic amines is 2. The predicted molar refractivity (Wildman–Crippen MR) is 60.8 cm³/mol. The van der Waals surface area contributed by atoms with Crippen molar-refractivity contribution in [2.45, 2.75) is 19.8 Å². The van der Waals surface area contributed by atoms with Gasteiger partial charge < -0.3 is 15.4 Å². The summed E-state index contributed by atoms with van der Waals surface area (Å²) < 4.78 is 0. The van der Waals surface area contributed by atoms with Crippen molar-refractivity contribution in [2.75, 3.05) is 13.2 Å². The SMILES string of the molecule is Cc1[nH]c(=O)[nH]c(=O)c1CCC(=O)NCCO. The second-order valence-corrected chi connectivity index (χ2v) is 3.59. The Morgan fingerprint density at radius 1 is 1.35 bits per heavy atom. The topological polar surface area (TPSA) is 115 Å². The molecule has 0 radical (unpaired) electrons. The number of aromatic nitrogens is 2. The molecule has 0 saturated heterocycles. The number of hydrogen-bond acceptors (Lipinski definition) is 4. The monoisotopic (exact) mass is 241 g/mol. The molecule has 0 aliphatic carbocycles. The van der Waals surface area contributed by atoms with Gasteiger partial charge in [0.1, 0.15) is 0 Å². The van der Waals surface area contributed by atoms with Crippen LogP contribution in [0.2, 0.25) is 0 Å². The molecule has 0 spiro atoms. The number of carbonyl (C=O) groups is 1. The zero-order valence-corrected chi connectivity index (χ0v) is 9.50. The van der Waals surface area contributed by atoms with Crippen molar-refractivity contribution in [3.8, 4) is 0 Å². The second-order valence-electron chi connectivity index (χ2n) is 3.59. The Balaban J connectivity index is 2.67. The minimum absolute atomic E-state index is 0.121. The van der Waals surface area contributed by atoms with Gasteiger partial charge in [-0.25, -0.2) is 4.79 Å². The van der Waals surface area contributed by atoms with Crippen molar-refractivity contribution >= 4 is 5.91 Å². The fourth-order valence-corrected chi connectivity index (χ4v) is 1.45. The number of carbonyl (C=O) groups excluding carboxylic acids is 1. The Bertz CT molecular complexity index is 503. The summed E-state index contributed by atoms with van der Waals surface area (Å²) in [7, 11) is 0. The quantitative estimate of drug-likeness (QED) is 0.497. The van der Waals surface area contributed by atoms with E-state index >= 15 is 0 Å². The normalized spacial score (nSPS) is 10.2. The second kappa shape index (κ2) is 6.00. The summed E-state index contributed by atoms with van der Waals surface area (Å²) in [5.74, 6) is -0.246. The van der Waals surface area contributed by atoms with Gasteiger partial charge in [-0.15, -0.1) is 0 Å². The molecule has 0 aromatic carbocycles. The average molecular weight is 241 g/mol. The summed E-state index contributed by atoms with van der Waals surface area (Å²) in [5, 5.41) is 11.0. The molecule has 0 atom stereocenters. The third-order valence-corrected chi connectivity index (χ3v) is 2.29. The molecular formula is C10H15N3O4. The molecule has 1 amide bonds. The summed E-state index contributed by atoms with van der Waals surface area (Å²) in [6.07, 6.45) is 0.380. The Morgan fingerprint density at radius 3 is 2.65 bits per heavy atom. The molecule has 0 fully saturated rings. The van der Waals surface area contributed by atoms with Gasteiger partial charge in [-0.1, -0.05) is 0 Å². The molecule has 0 aliphatic heterocycles. The van der Waals surface area contributed by atoms with E-state index in [1.807, 2.05) is 0 Å². The minimum Gasteiger partial charge on any atom is -0.395 e. The van der Waals surface area contributed by atoms with Crippen LogP contribution in [0.25, 0.3) is 0 Å². The van der Waals surface area contributed by atoms with Gasteiger partial charge in [0.15, 0.2) is 0 Å². The number of nitrogens with one attached hydrogen (secondary N) is 3. The number of hydrogen-bond donors (Lipinski definition) is 4. The molecule has 17 heavy (non-hydrogen) atoms. The van der Waals surface area contributed by atoms with Crippen molar-refractivity contribution in [3.05, 3.63) is 32.1 Å². The van der Waals surface area contributed by atoms with Crippen molar-refractivity contribution in [1.29, 1.82) is 0 Å². The summed E-state index contributed by atoms with van der Waals surface area (Å²) in [6, 6.07) is 0. The zero-order chi connectivity index (χ0) is 12.8. The first-order chi connectivity index (χ1) is 8.04. The van der Waals surface area contributed by atoms with Gasteiger partial charge in [-0.2, -0.15) is 0 Å². The van der Waals surface area contributed by atoms with Crippen LogP contribution in [0, 0.1) is 6.92 Å². The number of aliphatic hydroxyl groups excluding tert-OH is 1. The maximum absolute atomic E-state index is 11.4. The van der Waals surface area contributed by atoms with E-state index in [0.29, 0.717) is 11.3 Å². The lowest BCUT2D eigenvalue weighted by Crippen LogP contribution is -2.30. The number of H-pyrrole nitrogens is 2. The van der Waals surface area contributed by atoms with Crippen molar-refractivity contribution in [3.63, 3.8) is 0 Å². The maximum Gasteiger partial charge on any atom is 0.325 e. The summed E-state index contributed by atoms with van der Waals surface area (Å²) in [5.41, 5.74) is -0.167. The van der Waals surface area contributed by atoms with E-state index in [1.54, 1.807) is 6.92 Å². The van der Waals surface area contributed by atoms with E-state index in [4.69, 9.17) is 5.11 Å². The van der Waals surface area contributed by atoms with E-state index < -0.39 is 11.2 Å². The van der Waals surface area contributed by atoms with Gasteiger partial charge >= 0.3 is 5.69 Å². The third kappa shape index (κ3) is 3.87. The van der Waals surface area contributed by atoms with Crippen LogP contribution < -0.4 is 16.6 Å². The molecule has 0 aliphatic rings. The van der Waals surface area contributed by atoms with Gasteiger partial charge in [0.2, 0.25) is 5.91 Å². The number of amides is 1. The van der Waals surface area contributed by atoms with Gasteiger partial charge in [-0.05, 0) is 13.3 Å². The summed E-state index contributed by atoms with van der Waals surface area (Å²) >= 11 is 0. The average Bonchev–Trinajstić information content (AvgIpc) is 2.24. The van der Waals surface area contributed by atoms with Gasteiger partial charge in [0.05, 0.1) is 6.61 Å². The van der Waals surface area contributed by atoms with Gasteiger partial charge in [-0.3, -0.25) is 14.6 Å². The maximum atomic E-state index is 11.4. The standard InChI is InChI=1S/C10H15N3O4/c1-6-7(9(16)13-10(17)12-6)2-3-8(15)11-4-5-14/h14H,2-5H2,1H3,(H,11,15)(H2,12,13,16,17). The van der Waals surface area contributed by atoms with Crippen LogP contribution in [-0.4, -0.2) is 34.1 Å². The molecule has 0 unspecified atom stereocenters. The van der Waals surface area contributed by atoms with Crippen molar-refractivity contribution < 1.29 is 9.90 Å². The summed E-state index contributed by atoms with van der Waals surface area (Å²) in [4.78, 5) is 38.2.